The number of thioether (sulfide) groups is 1. The van der Waals surface area contributed by atoms with E-state index in [1.807, 2.05) is 4.68 Å². The molecule has 1 rings (SSSR count). The first-order valence-electron chi connectivity index (χ1n) is 6.45. The standard InChI is InChI=1S/C11H23N5S/c1-4-7-12-8-9-16-11(13-14-15-16)17-10(5-2)6-3/h10,12H,4-9H2,1-3H3. The van der Waals surface area contributed by atoms with Crippen LogP contribution >= 0.6 is 11.8 Å². The van der Waals surface area contributed by atoms with Gasteiger partial charge in [0.15, 0.2) is 0 Å². The molecule has 0 atom stereocenters. The van der Waals surface area contributed by atoms with Crippen LogP contribution in [0.5, 0.6) is 0 Å². The Kier molecular flexibility index (Phi) is 7.19. The van der Waals surface area contributed by atoms with Crippen molar-refractivity contribution >= 4 is 11.8 Å². The van der Waals surface area contributed by atoms with Crippen molar-refractivity contribution in [3.8, 4) is 0 Å². The molecule has 0 radical (unpaired) electrons. The molecule has 0 spiro atoms. The number of aromatic nitrogens is 4. The topological polar surface area (TPSA) is 55.6 Å². The fourth-order valence-electron chi connectivity index (χ4n) is 1.51. The molecule has 1 heterocycles. The highest BCUT2D eigenvalue weighted by molar-refractivity contribution is 7.99. The van der Waals surface area contributed by atoms with Crippen molar-refractivity contribution in [3.63, 3.8) is 0 Å². The van der Waals surface area contributed by atoms with Gasteiger partial charge in [-0.3, -0.25) is 0 Å². The van der Waals surface area contributed by atoms with E-state index in [4.69, 9.17) is 0 Å². The maximum absolute atomic E-state index is 4.09. The Morgan fingerprint density at radius 2 is 2.00 bits per heavy atom. The Hall–Kier alpha value is -0.620. The van der Waals surface area contributed by atoms with Crippen LogP contribution in [0.3, 0.4) is 0 Å². The molecule has 0 aromatic carbocycles. The van der Waals surface area contributed by atoms with E-state index < -0.39 is 0 Å². The van der Waals surface area contributed by atoms with Crippen LogP contribution in [-0.4, -0.2) is 38.5 Å². The van der Waals surface area contributed by atoms with Gasteiger partial charge < -0.3 is 5.32 Å². The zero-order valence-electron chi connectivity index (χ0n) is 11.0. The molecule has 0 unspecified atom stereocenters. The summed E-state index contributed by atoms with van der Waals surface area (Å²) in [4.78, 5) is 0. The first kappa shape index (κ1) is 14.4. The Bertz CT molecular complexity index is 298. The van der Waals surface area contributed by atoms with Crippen LogP contribution in [0.2, 0.25) is 0 Å². The molecule has 6 heteroatoms. The zero-order valence-corrected chi connectivity index (χ0v) is 11.8. The average molecular weight is 257 g/mol. The van der Waals surface area contributed by atoms with Crippen molar-refractivity contribution in [1.29, 1.82) is 0 Å². The molecule has 0 aliphatic carbocycles. The van der Waals surface area contributed by atoms with Gasteiger partial charge in [0.2, 0.25) is 5.16 Å². The van der Waals surface area contributed by atoms with Crippen LogP contribution in [0.25, 0.3) is 0 Å². The highest BCUT2D eigenvalue weighted by Crippen LogP contribution is 2.24. The summed E-state index contributed by atoms with van der Waals surface area (Å²) in [7, 11) is 0. The van der Waals surface area contributed by atoms with Gasteiger partial charge in [0.05, 0.1) is 6.54 Å². The molecule has 17 heavy (non-hydrogen) atoms. The van der Waals surface area contributed by atoms with E-state index in [0.29, 0.717) is 5.25 Å². The summed E-state index contributed by atoms with van der Waals surface area (Å²) in [5, 5.41) is 16.8. The summed E-state index contributed by atoms with van der Waals surface area (Å²) >= 11 is 1.78. The number of rotatable bonds is 9. The van der Waals surface area contributed by atoms with Crippen molar-refractivity contribution in [3.05, 3.63) is 0 Å². The Morgan fingerprint density at radius 3 is 2.65 bits per heavy atom. The van der Waals surface area contributed by atoms with Crippen molar-refractivity contribution < 1.29 is 0 Å². The van der Waals surface area contributed by atoms with Gasteiger partial charge in [-0.15, -0.1) is 5.10 Å². The summed E-state index contributed by atoms with van der Waals surface area (Å²) < 4.78 is 1.89. The third kappa shape index (κ3) is 5.04. The van der Waals surface area contributed by atoms with Crippen LogP contribution in [0.4, 0.5) is 0 Å². The van der Waals surface area contributed by atoms with Gasteiger partial charge in [0.25, 0.3) is 0 Å². The van der Waals surface area contributed by atoms with Crippen LogP contribution in [-0.2, 0) is 6.54 Å². The largest absolute Gasteiger partial charge is 0.315 e. The fourth-order valence-corrected chi connectivity index (χ4v) is 2.48. The van der Waals surface area contributed by atoms with Gasteiger partial charge in [0.1, 0.15) is 0 Å². The van der Waals surface area contributed by atoms with E-state index >= 15 is 0 Å². The number of hydrogen-bond acceptors (Lipinski definition) is 5. The second-order valence-electron chi connectivity index (χ2n) is 3.99. The van der Waals surface area contributed by atoms with E-state index in [1.165, 1.54) is 0 Å². The van der Waals surface area contributed by atoms with Crippen molar-refractivity contribution in [2.45, 2.75) is 57.0 Å². The molecule has 98 valence electrons. The maximum atomic E-state index is 4.09. The van der Waals surface area contributed by atoms with E-state index in [-0.39, 0.29) is 0 Å². The Morgan fingerprint density at radius 1 is 1.24 bits per heavy atom. The van der Waals surface area contributed by atoms with Gasteiger partial charge in [0, 0.05) is 11.8 Å². The average Bonchev–Trinajstić information content (AvgIpc) is 2.79. The molecule has 5 nitrogen and oxygen atoms in total. The van der Waals surface area contributed by atoms with E-state index in [1.54, 1.807) is 11.8 Å². The molecule has 1 aromatic rings. The minimum Gasteiger partial charge on any atom is -0.315 e. The van der Waals surface area contributed by atoms with E-state index in [0.717, 1.165) is 44.1 Å². The molecular formula is C11H23N5S. The zero-order chi connectivity index (χ0) is 12.5. The van der Waals surface area contributed by atoms with E-state index in [2.05, 4.69) is 41.6 Å². The molecule has 0 fully saturated rings. The number of tetrazole rings is 1. The summed E-state index contributed by atoms with van der Waals surface area (Å²) in [6, 6.07) is 0. The summed E-state index contributed by atoms with van der Waals surface area (Å²) in [5.41, 5.74) is 0. The lowest BCUT2D eigenvalue weighted by molar-refractivity contribution is 0.510. The van der Waals surface area contributed by atoms with Gasteiger partial charge in [-0.1, -0.05) is 32.5 Å². The lowest BCUT2D eigenvalue weighted by Crippen LogP contribution is -2.21. The monoisotopic (exact) mass is 257 g/mol. The predicted molar refractivity (Wildman–Crippen MR) is 71.2 cm³/mol. The minimum atomic E-state index is 0.614. The van der Waals surface area contributed by atoms with Crippen molar-refractivity contribution in [2.24, 2.45) is 0 Å². The third-order valence-corrected chi connectivity index (χ3v) is 4.11. The first-order chi connectivity index (χ1) is 8.31. The lowest BCUT2D eigenvalue weighted by Gasteiger charge is -2.11. The highest BCUT2D eigenvalue weighted by Gasteiger charge is 2.12. The molecular weight excluding hydrogens is 234 g/mol. The van der Waals surface area contributed by atoms with Gasteiger partial charge >= 0.3 is 0 Å². The molecule has 0 saturated heterocycles. The number of nitrogens with zero attached hydrogens (tertiary/aromatic N) is 4. The van der Waals surface area contributed by atoms with Gasteiger partial charge in [-0.2, -0.15) is 0 Å². The third-order valence-electron chi connectivity index (χ3n) is 2.61. The van der Waals surface area contributed by atoms with Crippen LogP contribution in [0, 0.1) is 0 Å². The maximum Gasteiger partial charge on any atom is 0.209 e. The molecule has 0 amide bonds. The molecule has 0 aliphatic heterocycles. The second-order valence-corrected chi connectivity index (χ2v) is 5.26. The molecule has 0 aliphatic rings. The normalized spacial score (nSPS) is 11.3. The lowest BCUT2D eigenvalue weighted by atomic mass is 10.3. The molecule has 1 aromatic heterocycles. The SMILES string of the molecule is CCCNCCn1nnnc1SC(CC)CC. The number of hydrogen-bond donors (Lipinski definition) is 1. The summed E-state index contributed by atoms with van der Waals surface area (Å²) in [5.74, 6) is 0. The Balaban J connectivity index is 2.42. The van der Waals surface area contributed by atoms with Gasteiger partial charge in [-0.25, -0.2) is 4.68 Å². The van der Waals surface area contributed by atoms with Crippen molar-refractivity contribution in [1.82, 2.24) is 25.5 Å². The van der Waals surface area contributed by atoms with Crippen molar-refractivity contribution in [2.75, 3.05) is 13.1 Å². The van der Waals surface area contributed by atoms with E-state index in [9.17, 15) is 0 Å². The summed E-state index contributed by atoms with van der Waals surface area (Å²) in [6.45, 7) is 9.40. The first-order valence-corrected chi connectivity index (χ1v) is 7.33. The quantitative estimate of drug-likeness (QED) is 0.541. The summed E-state index contributed by atoms with van der Waals surface area (Å²) in [6.07, 6.45) is 3.47. The second kappa shape index (κ2) is 8.47. The highest BCUT2D eigenvalue weighted by atomic mass is 32.2. The predicted octanol–water partition coefficient (Wildman–Crippen LogP) is 1.95. The Labute approximate surface area is 108 Å². The molecule has 1 N–H and O–H groups in total. The molecule has 0 bridgehead atoms. The fraction of sp³-hybridized carbons (Fsp3) is 0.909. The van der Waals surface area contributed by atoms with Crippen LogP contribution in [0.15, 0.2) is 5.16 Å². The number of nitrogens with one attached hydrogen (secondary N) is 1. The molecule has 0 saturated carbocycles. The van der Waals surface area contributed by atoms with Crippen LogP contribution in [0.1, 0.15) is 40.0 Å². The van der Waals surface area contributed by atoms with Gasteiger partial charge in [-0.05, 0) is 36.2 Å². The van der Waals surface area contributed by atoms with Crippen LogP contribution < -0.4 is 5.32 Å². The smallest absolute Gasteiger partial charge is 0.209 e. The minimum absolute atomic E-state index is 0.614.